The number of thiophene rings is 1. The van der Waals surface area contributed by atoms with Gasteiger partial charge in [0.25, 0.3) is 0 Å². The van der Waals surface area contributed by atoms with Crippen molar-refractivity contribution in [1.82, 2.24) is 0 Å². The van der Waals surface area contributed by atoms with Crippen LogP contribution in [0.5, 0.6) is 0 Å². The molecule has 4 heteroatoms. The standard InChI is InChI=1S/C9H12ClNOS/c1-6(11)4-7(12)5-8-2-3-9(10)13-8/h2-3,6H,4-5,11H2,1H3. The Morgan fingerprint density at radius 2 is 2.38 bits per heavy atom. The van der Waals surface area contributed by atoms with Crippen molar-refractivity contribution in [2.45, 2.75) is 25.8 Å². The molecule has 2 N–H and O–H groups in total. The number of nitrogens with two attached hydrogens (primary N) is 1. The Morgan fingerprint density at radius 3 is 2.85 bits per heavy atom. The largest absolute Gasteiger partial charge is 0.328 e. The third-order valence-corrected chi connectivity index (χ3v) is 2.78. The van der Waals surface area contributed by atoms with E-state index in [0.29, 0.717) is 12.8 Å². The summed E-state index contributed by atoms with van der Waals surface area (Å²) in [4.78, 5) is 12.3. The average molecular weight is 218 g/mol. The lowest BCUT2D eigenvalue weighted by Crippen LogP contribution is -2.20. The molecule has 1 aromatic heterocycles. The van der Waals surface area contributed by atoms with Crippen molar-refractivity contribution < 1.29 is 4.79 Å². The Kier molecular flexibility index (Phi) is 3.90. The Hall–Kier alpha value is -0.380. The maximum atomic E-state index is 11.3. The lowest BCUT2D eigenvalue weighted by Gasteiger charge is -2.01. The van der Waals surface area contributed by atoms with E-state index in [2.05, 4.69) is 0 Å². The van der Waals surface area contributed by atoms with Crippen LogP contribution >= 0.6 is 22.9 Å². The number of hydrogen-bond donors (Lipinski definition) is 1. The van der Waals surface area contributed by atoms with E-state index in [1.165, 1.54) is 11.3 Å². The van der Waals surface area contributed by atoms with Gasteiger partial charge in [0, 0.05) is 23.8 Å². The van der Waals surface area contributed by atoms with Gasteiger partial charge in [0.05, 0.1) is 4.34 Å². The summed E-state index contributed by atoms with van der Waals surface area (Å²) < 4.78 is 0.726. The summed E-state index contributed by atoms with van der Waals surface area (Å²) in [7, 11) is 0. The number of carbonyl (C=O) groups is 1. The molecule has 0 saturated heterocycles. The molecular formula is C9H12ClNOS. The van der Waals surface area contributed by atoms with Gasteiger partial charge in [0.1, 0.15) is 5.78 Å². The molecule has 0 aliphatic rings. The van der Waals surface area contributed by atoms with E-state index in [1.54, 1.807) is 6.07 Å². The number of hydrogen-bond acceptors (Lipinski definition) is 3. The Labute approximate surface area is 86.7 Å². The van der Waals surface area contributed by atoms with Gasteiger partial charge in [0.2, 0.25) is 0 Å². The third-order valence-electron chi connectivity index (χ3n) is 1.55. The maximum Gasteiger partial charge on any atom is 0.139 e. The molecule has 2 nitrogen and oxygen atoms in total. The SMILES string of the molecule is CC(N)CC(=O)Cc1ccc(Cl)s1. The molecule has 1 rings (SSSR count). The van der Waals surface area contributed by atoms with Gasteiger partial charge in [-0.3, -0.25) is 4.79 Å². The first-order valence-corrected chi connectivity index (χ1v) is 5.29. The summed E-state index contributed by atoms with van der Waals surface area (Å²) in [5.41, 5.74) is 5.51. The average Bonchev–Trinajstić information content (AvgIpc) is 2.33. The van der Waals surface area contributed by atoms with Crippen molar-refractivity contribution in [2.24, 2.45) is 5.73 Å². The minimum Gasteiger partial charge on any atom is -0.328 e. The van der Waals surface area contributed by atoms with Gasteiger partial charge in [0.15, 0.2) is 0 Å². The summed E-state index contributed by atoms with van der Waals surface area (Å²) >= 11 is 7.18. The summed E-state index contributed by atoms with van der Waals surface area (Å²) in [6, 6.07) is 3.63. The van der Waals surface area contributed by atoms with Crippen molar-refractivity contribution in [2.75, 3.05) is 0 Å². The molecule has 0 radical (unpaired) electrons. The second kappa shape index (κ2) is 4.74. The molecule has 0 spiro atoms. The molecule has 1 heterocycles. The van der Waals surface area contributed by atoms with E-state index in [0.717, 1.165) is 9.21 Å². The number of carbonyl (C=O) groups excluding carboxylic acids is 1. The first kappa shape index (κ1) is 10.7. The van der Waals surface area contributed by atoms with E-state index in [9.17, 15) is 4.79 Å². The van der Waals surface area contributed by atoms with Crippen LogP contribution in [0.3, 0.4) is 0 Å². The molecule has 1 atom stereocenters. The second-order valence-corrected chi connectivity index (χ2v) is 4.90. The highest BCUT2D eigenvalue weighted by Gasteiger charge is 2.07. The first-order valence-electron chi connectivity index (χ1n) is 4.09. The first-order chi connectivity index (χ1) is 6.08. The molecule has 0 bridgehead atoms. The van der Waals surface area contributed by atoms with Crippen LogP contribution in [0, 0.1) is 0 Å². The van der Waals surface area contributed by atoms with Crippen LogP contribution in [0.1, 0.15) is 18.2 Å². The highest BCUT2D eigenvalue weighted by atomic mass is 35.5. The molecular weight excluding hydrogens is 206 g/mol. The van der Waals surface area contributed by atoms with E-state index in [1.807, 2.05) is 13.0 Å². The summed E-state index contributed by atoms with van der Waals surface area (Å²) in [5, 5.41) is 0. The van der Waals surface area contributed by atoms with E-state index >= 15 is 0 Å². The van der Waals surface area contributed by atoms with Gasteiger partial charge >= 0.3 is 0 Å². The number of Topliss-reactive ketones (excluding diaryl/α,β-unsaturated/α-hetero) is 1. The molecule has 0 aromatic carbocycles. The topological polar surface area (TPSA) is 43.1 Å². The zero-order valence-electron chi connectivity index (χ0n) is 7.42. The summed E-state index contributed by atoms with van der Waals surface area (Å²) in [5.74, 6) is 0.175. The van der Waals surface area contributed by atoms with Gasteiger partial charge in [-0.25, -0.2) is 0 Å². The van der Waals surface area contributed by atoms with Crippen LogP contribution in [0.4, 0.5) is 0 Å². The molecule has 72 valence electrons. The fourth-order valence-electron chi connectivity index (χ4n) is 1.07. The van der Waals surface area contributed by atoms with Crippen molar-refractivity contribution in [1.29, 1.82) is 0 Å². The molecule has 1 aromatic rings. The Balaban J connectivity index is 2.45. The highest BCUT2D eigenvalue weighted by Crippen LogP contribution is 2.22. The Bertz CT molecular complexity index is 296. The van der Waals surface area contributed by atoms with Crippen LogP contribution in [0.25, 0.3) is 0 Å². The third kappa shape index (κ3) is 3.89. The molecule has 0 fully saturated rings. The van der Waals surface area contributed by atoms with Crippen molar-refractivity contribution in [3.63, 3.8) is 0 Å². The van der Waals surface area contributed by atoms with E-state index in [-0.39, 0.29) is 11.8 Å². The van der Waals surface area contributed by atoms with Crippen LogP contribution in [-0.2, 0) is 11.2 Å². The van der Waals surface area contributed by atoms with Crippen molar-refractivity contribution in [3.05, 3.63) is 21.3 Å². The number of rotatable bonds is 4. The molecule has 0 saturated carbocycles. The second-order valence-electron chi connectivity index (χ2n) is 3.10. The van der Waals surface area contributed by atoms with Crippen molar-refractivity contribution in [3.8, 4) is 0 Å². The van der Waals surface area contributed by atoms with Crippen LogP contribution < -0.4 is 5.73 Å². The number of ketones is 1. The Morgan fingerprint density at radius 1 is 1.69 bits per heavy atom. The van der Waals surface area contributed by atoms with Crippen molar-refractivity contribution >= 4 is 28.7 Å². The quantitative estimate of drug-likeness (QED) is 0.841. The van der Waals surface area contributed by atoms with Crippen LogP contribution in [0.2, 0.25) is 4.34 Å². The molecule has 0 amide bonds. The fraction of sp³-hybridized carbons (Fsp3) is 0.444. The normalized spacial score (nSPS) is 12.8. The minimum absolute atomic E-state index is 0.0528. The molecule has 0 aliphatic heterocycles. The minimum atomic E-state index is -0.0528. The lowest BCUT2D eigenvalue weighted by atomic mass is 10.1. The van der Waals surface area contributed by atoms with Crippen LogP contribution in [-0.4, -0.2) is 11.8 Å². The fourth-order valence-corrected chi connectivity index (χ4v) is 2.19. The molecule has 1 unspecified atom stereocenters. The highest BCUT2D eigenvalue weighted by molar-refractivity contribution is 7.16. The predicted molar refractivity (Wildman–Crippen MR) is 56.3 cm³/mol. The zero-order chi connectivity index (χ0) is 9.84. The van der Waals surface area contributed by atoms with Gasteiger partial charge in [-0.05, 0) is 19.1 Å². The zero-order valence-corrected chi connectivity index (χ0v) is 8.99. The monoisotopic (exact) mass is 217 g/mol. The van der Waals surface area contributed by atoms with Gasteiger partial charge in [-0.15, -0.1) is 11.3 Å². The van der Waals surface area contributed by atoms with Gasteiger partial charge in [-0.2, -0.15) is 0 Å². The molecule has 13 heavy (non-hydrogen) atoms. The predicted octanol–water partition coefficient (Wildman–Crippen LogP) is 2.25. The van der Waals surface area contributed by atoms with E-state index < -0.39 is 0 Å². The van der Waals surface area contributed by atoms with Crippen LogP contribution in [0.15, 0.2) is 12.1 Å². The van der Waals surface area contributed by atoms with E-state index in [4.69, 9.17) is 17.3 Å². The molecule has 0 aliphatic carbocycles. The summed E-state index contributed by atoms with van der Waals surface area (Å²) in [6.07, 6.45) is 0.897. The smallest absolute Gasteiger partial charge is 0.139 e. The lowest BCUT2D eigenvalue weighted by molar-refractivity contribution is -0.118. The van der Waals surface area contributed by atoms with Gasteiger partial charge < -0.3 is 5.73 Å². The summed E-state index contributed by atoms with van der Waals surface area (Å²) in [6.45, 7) is 1.83. The number of halogens is 1. The van der Waals surface area contributed by atoms with Gasteiger partial charge in [-0.1, -0.05) is 11.6 Å². The maximum absolute atomic E-state index is 11.3.